The molecule has 0 N–H and O–H groups in total. The Bertz CT molecular complexity index is 3450. The summed E-state index contributed by atoms with van der Waals surface area (Å²) in [6.45, 7) is 0. The summed E-state index contributed by atoms with van der Waals surface area (Å²) < 4.78 is 7.13. The van der Waals surface area contributed by atoms with Crippen LogP contribution in [0, 0.1) is 0 Å². The highest BCUT2D eigenvalue weighted by molar-refractivity contribution is 7.26. The zero-order valence-corrected chi connectivity index (χ0v) is 31.4. The van der Waals surface area contributed by atoms with Gasteiger partial charge in [-0.05, 0) is 54.1 Å². The Labute approximate surface area is 331 Å². The molecule has 0 atom stereocenters. The molecule has 0 radical (unpaired) electrons. The van der Waals surface area contributed by atoms with Crippen LogP contribution in [0.25, 0.3) is 109 Å². The van der Waals surface area contributed by atoms with Crippen LogP contribution in [0.15, 0.2) is 188 Å². The SMILES string of the molecule is c1ccc(-c2nc(-c3ccccc3)nc(-n3c4ccccc4c4cc(-c5ccc6c(c5)c5ccccc5n6-c5ccccc5)c5sc6ccccc6c5c43)n2)cc1. The summed E-state index contributed by atoms with van der Waals surface area (Å²) in [5, 5.41) is 7.20. The van der Waals surface area contributed by atoms with Crippen molar-refractivity contribution in [2.24, 2.45) is 0 Å². The average Bonchev–Trinajstić information content (AvgIpc) is 3.94. The first-order valence-electron chi connectivity index (χ1n) is 19.1. The van der Waals surface area contributed by atoms with Gasteiger partial charge in [-0.2, -0.15) is 9.97 Å². The Morgan fingerprint density at radius 2 is 0.930 bits per heavy atom. The third-order valence-electron chi connectivity index (χ3n) is 11.2. The highest BCUT2D eigenvalue weighted by Gasteiger charge is 2.24. The van der Waals surface area contributed by atoms with Crippen molar-refractivity contribution >= 4 is 75.1 Å². The van der Waals surface area contributed by atoms with Crippen molar-refractivity contribution in [3.63, 3.8) is 0 Å². The van der Waals surface area contributed by atoms with Gasteiger partial charge in [-0.25, -0.2) is 4.98 Å². The highest BCUT2D eigenvalue weighted by atomic mass is 32.1. The normalized spacial score (nSPS) is 11.9. The van der Waals surface area contributed by atoms with Crippen molar-refractivity contribution in [3.8, 4) is 45.5 Å². The first-order chi connectivity index (χ1) is 28.3. The van der Waals surface area contributed by atoms with E-state index in [4.69, 9.17) is 15.0 Å². The molecule has 0 aliphatic rings. The second kappa shape index (κ2) is 12.6. The molecule has 8 aromatic carbocycles. The first-order valence-corrected chi connectivity index (χ1v) is 19.9. The molecule has 0 aliphatic heterocycles. The number of nitrogens with zero attached hydrogens (tertiary/aromatic N) is 5. The van der Waals surface area contributed by atoms with Gasteiger partial charge in [0.05, 0.1) is 22.1 Å². The third-order valence-corrected chi connectivity index (χ3v) is 12.4. The minimum absolute atomic E-state index is 0.591. The lowest BCUT2D eigenvalue weighted by atomic mass is 9.97. The van der Waals surface area contributed by atoms with Gasteiger partial charge in [-0.15, -0.1) is 11.3 Å². The molecule has 4 heterocycles. The number of fused-ring (bicyclic) bond motifs is 10. The van der Waals surface area contributed by atoms with Crippen molar-refractivity contribution in [2.45, 2.75) is 0 Å². The molecular weight excluding hydrogens is 715 g/mol. The zero-order chi connectivity index (χ0) is 37.5. The van der Waals surface area contributed by atoms with E-state index >= 15 is 0 Å². The monoisotopic (exact) mass is 745 g/mol. The van der Waals surface area contributed by atoms with Crippen LogP contribution in [-0.4, -0.2) is 24.1 Å². The van der Waals surface area contributed by atoms with Crippen molar-refractivity contribution in [3.05, 3.63) is 188 Å². The van der Waals surface area contributed by atoms with Crippen molar-refractivity contribution in [2.75, 3.05) is 0 Å². The topological polar surface area (TPSA) is 48.5 Å². The molecule has 5 nitrogen and oxygen atoms in total. The van der Waals surface area contributed by atoms with Crippen LogP contribution < -0.4 is 0 Å². The quantitative estimate of drug-likeness (QED) is 0.176. The summed E-state index contributed by atoms with van der Waals surface area (Å²) in [7, 11) is 0. The van der Waals surface area contributed by atoms with Gasteiger partial charge in [0, 0.05) is 64.1 Å². The van der Waals surface area contributed by atoms with E-state index in [0.29, 0.717) is 17.6 Å². The molecule has 6 heteroatoms. The summed E-state index contributed by atoms with van der Waals surface area (Å²) in [4.78, 5) is 15.5. The van der Waals surface area contributed by atoms with E-state index in [0.717, 1.165) is 38.6 Å². The van der Waals surface area contributed by atoms with Gasteiger partial charge in [0.15, 0.2) is 11.6 Å². The Balaban J connectivity index is 1.18. The van der Waals surface area contributed by atoms with Gasteiger partial charge in [0.2, 0.25) is 5.95 Å². The standard InChI is InChI=1S/C51H31N5S/c1-4-16-32(17-5-1)49-52-50(33-18-6-2-7-19-33)54-51(53-49)56-43-26-14-11-23-37(43)41-31-39(48-46(47(41)56)38-24-12-15-27-45(38)57-48)34-28-29-44-40(30-34)36-22-10-13-25-42(36)55(44)35-20-8-3-9-21-35/h1-31H. The summed E-state index contributed by atoms with van der Waals surface area (Å²) in [6.07, 6.45) is 0. The van der Waals surface area contributed by atoms with E-state index < -0.39 is 0 Å². The fourth-order valence-corrected chi connectivity index (χ4v) is 9.89. The molecule has 0 bridgehead atoms. The molecule has 12 rings (SSSR count). The maximum atomic E-state index is 5.26. The van der Waals surface area contributed by atoms with E-state index in [1.165, 1.54) is 53.1 Å². The van der Waals surface area contributed by atoms with Gasteiger partial charge in [-0.3, -0.25) is 4.57 Å². The van der Waals surface area contributed by atoms with Crippen LogP contribution in [0.3, 0.4) is 0 Å². The van der Waals surface area contributed by atoms with Gasteiger partial charge in [0.25, 0.3) is 0 Å². The van der Waals surface area contributed by atoms with Crippen LogP contribution in [0.2, 0.25) is 0 Å². The van der Waals surface area contributed by atoms with Gasteiger partial charge < -0.3 is 4.57 Å². The second-order valence-electron chi connectivity index (χ2n) is 14.4. The van der Waals surface area contributed by atoms with Crippen LogP contribution in [0.4, 0.5) is 0 Å². The number of aromatic nitrogens is 5. The molecule has 0 saturated heterocycles. The predicted molar refractivity (Wildman–Crippen MR) is 238 cm³/mol. The average molecular weight is 746 g/mol. The lowest BCUT2D eigenvalue weighted by Crippen LogP contribution is -2.06. The summed E-state index contributed by atoms with van der Waals surface area (Å²) in [5.41, 5.74) is 9.97. The van der Waals surface area contributed by atoms with Crippen LogP contribution in [-0.2, 0) is 0 Å². The number of hydrogen-bond donors (Lipinski definition) is 0. The Morgan fingerprint density at radius 1 is 0.386 bits per heavy atom. The molecule has 0 saturated carbocycles. The van der Waals surface area contributed by atoms with E-state index in [-0.39, 0.29) is 0 Å². The molecule has 57 heavy (non-hydrogen) atoms. The van der Waals surface area contributed by atoms with Crippen LogP contribution in [0.1, 0.15) is 0 Å². The molecular formula is C51H31N5S. The number of benzene rings is 8. The van der Waals surface area contributed by atoms with E-state index in [1.807, 2.05) is 47.7 Å². The van der Waals surface area contributed by atoms with Crippen molar-refractivity contribution in [1.82, 2.24) is 24.1 Å². The molecule has 0 unspecified atom stereocenters. The Hall–Kier alpha value is -7.41. The maximum Gasteiger partial charge on any atom is 0.238 e. The summed E-state index contributed by atoms with van der Waals surface area (Å²) >= 11 is 1.85. The third kappa shape index (κ3) is 4.91. The number of rotatable bonds is 5. The minimum atomic E-state index is 0.591. The minimum Gasteiger partial charge on any atom is -0.309 e. The second-order valence-corrected chi connectivity index (χ2v) is 15.5. The predicted octanol–water partition coefficient (Wildman–Crippen LogP) is 13.4. The fourth-order valence-electron chi connectivity index (χ4n) is 8.65. The van der Waals surface area contributed by atoms with Crippen molar-refractivity contribution < 1.29 is 0 Å². The van der Waals surface area contributed by atoms with E-state index in [9.17, 15) is 0 Å². The fraction of sp³-hybridized carbons (Fsp3) is 0. The number of thiophene rings is 1. The summed E-state index contributed by atoms with van der Waals surface area (Å²) in [6, 6.07) is 66.6. The molecule has 4 aromatic heterocycles. The lowest BCUT2D eigenvalue weighted by Gasteiger charge is -2.12. The Kier molecular flexibility index (Phi) is 7.03. The largest absolute Gasteiger partial charge is 0.309 e. The van der Waals surface area contributed by atoms with Gasteiger partial charge >= 0.3 is 0 Å². The zero-order valence-electron chi connectivity index (χ0n) is 30.5. The Morgan fingerprint density at radius 3 is 1.61 bits per heavy atom. The molecule has 0 amide bonds. The maximum absolute atomic E-state index is 5.26. The van der Waals surface area contributed by atoms with Crippen LogP contribution in [0.5, 0.6) is 0 Å². The summed E-state index contributed by atoms with van der Waals surface area (Å²) in [5.74, 6) is 1.86. The molecule has 0 spiro atoms. The smallest absolute Gasteiger partial charge is 0.238 e. The van der Waals surface area contributed by atoms with E-state index in [2.05, 4.69) is 161 Å². The van der Waals surface area contributed by atoms with Crippen LogP contribution >= 0.6 is 11.3 Å². The lowest BCUT2D eigenvalue weighted by molar-refractivity contribution is 0.955. The highest BCUT2D eigenvalue weighted by Crippen LogP contribution is 2.48. The number of hydrogen-bond acceptors (Lipinski definition) is 4. The molecule has 12 aromatic rings. The molecule has 266 valence electrons. The molecule has 0 fully saturated rings. The van der Waals surface area contributed by atoms with E-state index in [1.54, 1.807) is 0 Å². The van der Waals surface area contributed by atoms with Crippen molar-refractivity contribution in [1.29, 1.82) is 0 Å². The van der Waals surface area contributed by atoms with Gasteiger partial charge in [-0.1, -0.05) is 140 Å². The molecule has 0 aliphatic carbocycles. The number of para-hydroxylation sites is 3. The van der Waals surface area contributed by atoms with Gasteiger partial charge in [0.1, 0.15) is 0 Å². The first kappa shape index (κ1) is 31.9.